The molecule has 4 nitrogen and oxygen atoms in total. The molecule has 1 amide bonds. The number of nitrogens with zero attached hydrogens (tertiary/aromatic N) is 1. The van der Waals surface area contributed by atoms with Crippen molar-refractivity contribution in [3.63, 3.8) is 0 Å². The summed E-state index contributed by atoms with van der Waals surface area (Å²) in [5, 5.41) is 11.1. The van der Waals surface area contributed by atoms with Gasteiger partial charge in [-0.05, 0) is 18.6 Å². The van der Waals surface area contributed by atoms with Gasteiger partial charge >= 0.3 is 0 Å². The lowest BCUT2D eigenvalue weighted by Crippen LogP contribution is -2.27. The van der Waals surface area contributed by atoms with E-state index in [1.54, 1.807) is 4.57 Å². The van der Waals surface area contributed by atoms with Crippen LogP contribution in [0.15, 0.2) is 12.3 Å². The van der Waals surface area contributed by atoms with Gasteiger partial charge in [0.15, 0.2) is 0 Å². The van der Waals surface area contributed by atoms with Crippen molar-refractivity contribution in [2.75, 3.05) is 13.2 Å². The second-order valence-electron chi connectivity index (χ2n) is 2.99. The van der Waals surface area contributed by atoms with Crippen LogP contribution in [0.5, 0.6) is 0 Å². The lowest BCUT2D eigenvalue weighted by molar-refractivity contribution is 0.0936. The average molecular weight is 212 g/mol. The molecule has 0 aliphatic carbocycles. The van der Waals surface area contributed by atoms with E-state index in [0.29, 0.717) is 12.2 Å². The van der Waals surface area contributed by atoms with Gasteiger partial charge in [0.25, 0.3) is 5.91 Å². The summed E-state index contributed by atoms with van der Waals surface area (Å²) >= 11 is 0. The van der Waals surface area contributed by atoms with Crippen LogP contribution in [0.4, 0.5) is 0 Å². The molecule has 0 atom stereocenters. The standard InChI is InChI=1S/C9H14N2O2.C2H6/c1-7-5-8(11(2)6-7)9(13)10-3-4-12;1-2/h5-6,12H,3-4H2,1-2H3,(H,10,13);1-2H3. The highest BCUT2D eigenvalue weighted by Crippen LogP contribution is 2.04. The van der Waals surface area contributed by atoms with Crippen molar-refractivity contribution < 1.29 is 9.90 Å². The van der Waals surface area contributed by atoms with E-state index < -0.39 is 0 Å². The molecule has 0 aliphatic heterocycles. The normalized spacial score (nSPS) is 9.13. The Balaban J connectivity index is 0.000000921. The SMILES string of the molecule is CC.Cc1cc(C(=O)NCCO)n(C)c1. The van der Waals surface area contributed by atoms with E-state index in [0.717, 1.165) is 5.56 Å². The second kappa shape index (κ2) is 7.06. The van der Waals surface area contributed by atoms with Crippen molar-refractivity contribution in [3.8, 4) is 0 Å². The van der Waals surface area contributed by atoms with Crippen molar-refractivity contribution in [2.24, 2.45) is 7.05 Å². The van der Waals surface area contributed by atoms with Gasteiger partial charge in [0.1, 0.15) is 5.69 Å². The topological polar surface area (TPSA) is 54.3 Å². The molecule has 4 heteroatoms. The van der Waals surface area contributed by atoms with Crippen LogP contribution in [0.1, 0.15) is 29.9 Å². The highest BCUT2D eigenvalue weighted by Gasteiger charge is 2.08. The smallest absolute Gasteiger partial charge is 0.267 e. The zero-order valence-electron chi connectivity index (χ0n) is 9.87. The molecule has 0 aromatic carbocycles. The number of amides is 1. The molecule has 0 fully saturated rings. The first-order chi connectivity index (χ1) is 7.15. The predicted molar refractivity (Wildman–Crippen MR) is 60.9 cm³/mol. The van der Waals surface area contributed by atoms with Gasteiger partial charge in [-0.3, -0.25) is 4.79 Å². The third-order valence-corrected chi connectivity index (χ3v) is 1.77. The van der Waals surface area contributed by atoms with Crippen LogP contribution in [0, 0.1) is 6.92 Å². The predicted octanol–water partition coefficient (Wildman–Crippen LogP) is 1.08. The first kappa shape index (κ1) is 13.7. The number of carbonyl (C=O) groups is 1. The fourth-order valence-corrected chi connectivity index (χ4v) is 1.22. The van der Waals surface area contributed by atoms with E-state index in [4.69, 9.17) is 5.11 Å². The second-order valence-corrected chi connectivity index (χ2v) is 2.99. The van der Waals surface area contributed by atoms with Gasteiger partial charge in [-0.15, -0.1) is 0 Å². The Hall–Kier alpha value is -1.29. The maximum atomic E-state index is 11.4. The third-order valence-electron chi connectivity index (χ3n) is 1.77. The number of aliphatic hydroxyl groups is 1. The van der Waals surface area contributed by atoms with E-state index in [9.17, 15) is 4.79 Å². The van der Waals surface area contributed by atoms with Crippen LogP contribution in [-0.2, 0) is 7.05 Å². The summed E-state index contributed by atoms with van der Waals surface area (Å²) in [6, 6.07) is 1.81. The van der Waals surface area contributed by atoms with Crippen LogP contribution in [0.3, 0.4) is 0 Å². The van der Waals surface area contributed by atoms with Crippen molar-refractivity contribution in [1.82, 2.24) is 9.88 Å². The first-order valence-corrected chi connectivity index (χ1v) is 5.17. The molecule has 86 valence electrons. The number of hydrogen-bond donors (Lipinski definition) is 2. The minimum atomic E-state index is -0.148. The number of aliphatic hydroxyl groups excluding tert-OH is 1. The molecule has 1 rings (SSSR count). The zero-order valence-corrected chi connectivity index (χ0v) is 9.87. The molecule has 2 N–H and O–H groups in total. The zero-order chi connectivity index (χ0) is 11.8. The quantitative estimate of drug-likeness (QED) is 0.787. The number of aryl methyl sites for hydroxylation is 2. The number of nitrogens with one attached hydrogen (secondary N) is 1. The minimum absolute atomic E-state index is 0.0326. The van der Waals surface area contributed by atoms with Crippen molar-refractivity contribution in [3.05, 3.63) is 23.5 Å². The van der Waals surface area contributed by atoms with Crippen LogP contribution in [0.25, 0.3) is 0 Å². The molecule has 0 saturated carbocycles. The van der Waals surface area contributed by atoms with E-state index in [2.05, 4.69) is 5.32 Å². The van der Waals surface area contributed by atoms with Crippen LogP contribution in [-0.4, -0.2) is 28.7 Å². The molecule has 0 spiro atoms. The molecular weight excluding hydrogens is 192 g/mol. The van der Waals surface area contributed by atoms with Crippen molar-refractivity contribution >= 4 is 5.91 Å². The van der Waals surface area contributed by atoms with Gasteiger partial charge in [-0.2, -0.15) is 0 Å². The van der Waals surface area contributed by atoms with E-state index in [-0.39, 0.29) is 12.5 Å². The lowest BCUT2D eigenvalue weighted by atomic mass is 10.3. The van der Waals surface area contributed by atoms with Crippen LogP contribution >= 0.6 is 0 Å². The summed E-state index contributed by atoms with van der Waals surface area (Å²) < 4.78 is 1.77. The van der Waals surface area contributed by atoms with E-state index in [1.807, 2.05) is 40.1 Å². The molecule has 0 radical (unpaired) electrons. The maximum Gasteiger partial charge on any atom is 0.267 e. The molecule has 1 heterocycles. The van der Waals surface area contributed by atoms with Crippen molar-refractivity contribution in [2.45, 2.75) is 20.8 Å². The maximum absolute atomic E-state index is 11.4. The van der Waals surface area contributed by atoms with Gasteiger partial charge < -0.3 is 15.0 Å². The fourth-order valence-electron chi connectivity index (χ4n) is 1.22. The monoisotopic (exact) mass is 212 g/mol. The number of aromatic nitrogens is 1. The van der Waals surface area contributed by atoms with Gasteiger partial charge in [0, 0.05) is 19.8 Å². The molecule has 0 unspecified atom stereocenters. The summed E-state index contributed by atoms with van der Waals surface area (Å²) in [6.07, 6.45) is 1.88. The molecule has 15 heavy (non-hydrogen) atoms. The van der Waals surface area contributed by atoms with Crippen LogP contribution in [0.2, 0.25) is 0 Å². The average Bonchev–Trinajstić information content (AvgIpc) is 2.57. The largest absolute Gasteiger partial charge is 0.395 e. The Morgan fingerprint density at radius 3 is 2.53 bits per heavy atom. The summed E-state index contributed by atoms with van der Waals surface area (Å²) in [7, 11) is 1.82. The molecule has 1 aromatic rings. The number of hydrogen-bond acceptors (Lipinski definition) is 2. The highest BCUT2D eigenvalue weighted by atomic mass is 16.3. The lowest BCUT2D eigenvalue weighted by Gasteiger charge is -2.03. The number of carbonyl (C=O) groups excluding carboxylic acids is 1. The van der Waals surface area contributed by atoms with Gasteiger partial charge in [0.05, 0.1) is 6.61 Å². The Bertz CT molecular complexity index is 306. The molecule has 1 aromatic heterocycles. The molecule has 0 saturated heterocycles. The Morgan fingerprint density at radius 1 is 1.53 bits per heavy atom. The molecular formula is C11H20N2O2. The number of rotatable bonds is 3. The van der Waals surface area contributed by atoms with Gasteiger partial charge in [0.2, 0.25) is 0 Å². The minimum Gasteiger partial charge on any atom is -0.395 e. The molecule has 0 aliphatic rings. The van der Waals surface area contributed by atoms with E-state index >= 15 is 0 Å². The summed E-state index contributed by atoms with van der Waals surface area (Å²) in [4.78, 5) is 11.4. The van der Waals surface area contributed by atoms with Crippen LogP contribution < -0.4 is 5.32 Å². The van der Waals surface area contributed by atoms with Gasteiger partial charge in [-0.1, -0.05) is 13.8 Å². The summed E-state index contributed by atoms with van der Waals surface area (Å²) in [6.45, 7) is 6.20. The Labute approximate surface area is 90.9 Å². The Morgan fingerprint density at radius 2 is 2.13 bits per heavy atom. The fraction of sp³-hybridized carbons (Fsp3) is 0.545. The summed E-state index contributed by atoms with van der Waals surface area (Å²) in [5.41, 5.74) is 1.67. The summed E-state index contributed by atoms with van der Waals surface area (Å²) in [5.74, 6) is -0.148. The Kier molecular flexibility index (Phi) is 6.45. The van der Waals surface area contributed by atoms with Crippen molar-refractivity contribution in [1.29, 1.82) is 0 Å². The third kappa shape index (κ3) is 4.16. The molecule has 0 bridgehead atoms. The first-order valence-electron chi connectivity index (χ1n) is 5.17. The van der Waals surface area contributed by atoms with E-state index in [1.165, 1.54) is 0 Å². The highest BCUT2D eigenvalue weighted by molar-refractivity contribution is 5.92. The van der Waals surface area contributed by atoms with Gasteiger partial charge in [-0.25, -0.2) is 0 Å².